The van der Waals surface area contributed by atoms with E-state index in [1.54, 1.807) is 23.9 Å². The van der Waals surface area contributed by atoms with E-state index in [4.69, 9.17) is 4.74 Å². The van der Waals surface area contributed by atoms with Gasteiger partial charge in [0, 0.05) is 24.3 Å². The number of benzene rings is 1. The van der Waals surface area contributed by atoms with Crippen LogP contribution in [0.15, 0.2) is 24.3 Å². The Morgan fingerprint density at radius 2 is 2.10 bits per heavy atom. The Kier molecular flexibility index (Phi) is 4.67. The second-order valence-corrected chi connectivity index (χ2v) is 5.64. The monoisotopic (exact) mass is 295 g/mol. The minimum Gasteiger partial charge on any atom is -0.479 e. The lowest BCUT2D eigenvalue weighted by Gasteiger charge is -2.23. The van der Waals surface area contributed by atoms with E-state index in [1.807, 2.05) is 18.4 Å². The van der Waals surface area contributed by atoms with Crippen molar-refractivity contribution in [2.45, 2.75) is 17.7 Å². The van der Waals surface area contributed by atoms with E-state index in [1.165, 1.54) is 0 Å². The fraction of sp³-hybridized carbons (Fsp3) is 0.429. The fourth-order valence-corrected chi connectivity index (χ4v) is 2.62. The third kappa shape index (κ3) is 3.13. The van der Waals surface area contributed by atoms with E-state index in [-0.39, 0.29) is 12.5 Å². The van der Waals surface area contributed by atoms with Crippen LogP contribution in [0.1, 0.15) is 22.3 Å². The summed E-state index contributed by atoms with van der Waals surface area (Å²) in [4.78, 5) is 23.5. The lowest BCUT2D eigenvalue weighted by Crippen LogP contribution is -2.55. The molecule has 1 amide bonds. The van der Waals surface area contributed by atoms with Crippen molar-refractivity contribution in [1.29, 1.82) is 0 Å². The molecule has 0 spiro atoms. The van der Waals surface area contributed by atoms with Crippen LogP contribution in [0, 0.1) is 0 Å². The Hall–Kier alpha value is -1.53. The Balaban J connectivity index is 2.09. The van der Waals surface area contributed by atoms with E-state index in [0.717, 1.165) is 11.3 Å². The molecule has 20 heavy (non-hydrogen) atoms. The molecule has 0 aliphatic carbocycles. The van der Waals surface area contributed by atoms with Crippen LogP contribution in [0.3, 0.4) is 0 Å². The molecule has 1 fully saturated rings. The molecule has 0 aromatic heterocycles. The summed E-state index contributed by atoms with van der Waals surface area (Å²) < 4.78 is 5.11. The summed E-state index contributed by atoms with van der Waals surface area (Å²) in [6, 6.07) is 7.19. The molecule has 2 N–H and O–H groups in total. The average molecular weight is 295 g/mol. The van der Waals surface area contributed by atoms with Gasteiger partial charge >= 0.3 is 5.97 Å². The Bertz CT molecular complexity index is 494. The van der Waals surface area contributed by atoms with E-state index < -0.39 is 11.5 Å². The first-order chi connectivity index (χ1) is 9.57. The number of carbonyl (C=O) groups excluding carboxylic acids is 1. The maximum atomic E-state index is 12.1. The Morgan fingerprint density at radius 3 is 2.60 bits per heavy atom. The van der Waals surface area contributed by atoms with Crippen LogP contribution in [-0.4, -0.2) is 42.0 Å². The van der Waals surface area contributed by atoms with Crippen LogP contribution >= 0.6 is 11.8 Å². The SMILES string of the molecule is CSCc1ccc(C(=O)NC2(C(=O)O)CCOC2)cc1. The van der Waals surface area contributed by atoms with Gasteiger partial charge < -0.3 is 15.2 Å². The molecule has 0 bridgehead atoms. The number of carbonyl (C=O) groups is 2. The molecular formula is C14H17NO4S. The number of ether oxygens (including phenoxy) is 1. The molecule has 5 nitrogen and oxygen atoms in total. The number of carboxylic acids is 1. The number of carboxylic acid groups (broad SMARTS) is 1. The highest BCUT2D eigenvalue weighted by Crippen LogP contribution is 2.20. The van der Waals surface area contributed by atoms with E-state index >= 15 is 0 Å². The quantitative estimate of drug-likeness (QED) is 0.861. The predicted octanol–water partition coefficient (Wildman–Crippen LogP) is 1.52. The number of hydrogen-bond donors (Lipinski definition) is 2. The number of aliphatic carboxylic acids is 1. The van der Waals surface area contributed by atoms with Gasteiger partial charge in [0.15, 0.2) is 5.54 Å². The third-order valence-corrected chi connectivity index (χ3v) is 3.93. The summed E-state index contributed by atoms with van der Waals surface area (Å²) in [6.45, 7) is 0.359. The van der Waals surface area contributed by atoms with Gasteiger partial charge in [0.1, 0.15) is 0 Å². The number of amides is 1. The maximum absolute atomic E-state index is 12.1. The summed E-state index contributed by atoms with van der Waals surface area (Å²) in [6.07, 6.45) is 2.30. The highest BCUT2D eigenvalue weighted by atomic mass is 32.2. The standard InChI is InChI=1S/C14H17NO4S/c1-20-8-10-2-4-11(5-3-10)12(16)15-14(13(17)18)6-7-19-9-14/h2-5H,6-9H2,1H3,(H,15,16)(H,17,18). The molecule has 0 saturated carbocycles. The lowest BCUT2D eigenvalue weighted by molar-refractivity contribution is -0.144. The molecule has 1 atom stereocenters. The number of thioether (sulfide) groups is 1. The average Bonchev–Trinajstić information content (AvgIpc) is 2.90. The normalized spacial score (nSPS) is 21.6. The van der Waals surface area contributed by atoms with Gasteiger partial charge in [0.25, 0.3) is 5.91 Å². The Morgan fingerprint density at radius 1 is 1.40 bits per heavy atom. The third-order valence-electron chi connectivity index (χ3n) is 3.31. The van der Waals surface area contributed by atoms with Crippen molar-refractivity contribution >= 4 is 23.6 Å². The molecule has 1 unspecified atom stereocenters. The minimum atomic E-state index is -1.30. The van der Waals surface area contributed by atoms with Gasteiger partial charge in [-0.1, -0.05) is 12.1 Å². The molecule has 6 heteroatoms. The summed E-state index contributed by atoms with van der Waals surface area (Å²) in [5.41, 5.74) is 0.295. The molecule has 1 aromatic carbocycles. The Labute approximate surface area is 121 Å². The van der Waals surface area contributed by atoms with Crippen molar-refractivity contribution in [2.24, 2.45) is 0 Å². The van der Waals surface area contributed by atoms with Crippen molar-refractivity contribution in [2.75, 3.05) is 19.5 Å². The van der Waals surface area contributed by atoms with Crippen molar-refractivity contribution in [3.05, 3.63) is 35.4 Å². The van der Waals surface area contributed by atoms with E-state index in [9.17, 15) is 14.7 Å². The maximum Gasteiger partial charge on any atom is 0.331 e. The predicted molar refractivity (Wildman–Crippen MR) is 76.9 cm³/mol. The van der Waals surface area contributed by atoms with Crippen molar-refractivity contribution in [1.82, 2.24) is 5.32 Å². The van der Waals surface area contributed by atoms with Crippen LogP contribution < -0.4 is 5.32 Å². The van der Waals surface area contributed by atoms with Gasteiger partial charge in [-0.3, -0.25) is 4.79 Å². The molecule has 0 radical (unpaired) electrons. The lowest BCUT2D eigenvalue weighted by atomic mass is 9.98. The van der Waals surface area contributed by atoms with Gasteiger partial charge in [0.05, 0.1) is 6.61 Å². The van der Waals surface area contributed by atoms with Crippen molar-refractivity contribution < 1.29 is 19.4 Å². The summed E-state index contributed by atoms with van der Waals surface area (Å²) in [7, 11) is 0. The highest BCUT2D eigenvalue weighted by Gasteiger charge is 2.44. The van der Waals surface area contributed by atoms with Gasteiger partial charge in [-0.2, -0.15) is 11.8 Å². The van der Waals surface area contributed by atoms with Crippen LogP contribution in [0.4, 0.5) is 0 Å². The van der Waals surface area contributed by atoms with Crippen LogP contribution in [0.2, 0.25) is 0 Å². The van der Waals surface area contributed by atoms with E-state index in [2.05, 4.69) is 5.32 Å². The number of rotatable bonds is 5. The zero-order valence-corrected chi connectivity index (χ0v) is 12.0. The molecule has 2 rings (SSSR count). The minimum absolute atomic E-state index is 0.0125. The van der Waals surface area contributed by atoms with Crippen molar-refractivity contribution in [3.63, 3.8) is 0 Å². The largest absolute Gasteiger partial charge is 0.479 e. The van der Waals surface area contributed by atoms with E-state index in [0.29, 0.717) is 18.6 Å². The van der Waals surface area contributed by atoms with Gasteiger partial charge in [-0.05, 0) is 24.0 Å². The first-order valence-corrected chi connectivity index (χ1v) is 7.68. The van der Waals surface area contributed by atoms with Gasteiger partial charge in [0.2, 0.25) is 0 Å². The topological polar surface area (TPSA) is 75.6 Å². The molecule has 1 aliphatic heterocycles. The second kappa shape index (κ2) is 6.28. The molecule has 1 heterocycles. The summed E-state index contributed by atoms with van der Waals surface area (Å²) in [5, 5.41) is 11.9. The second-order valence-electron chi connectivity index (χ2n) is 4.77. The smallest absolute Gasteiger partial charge is 0.331 e. The molecular weight excluding hydrogens is 278 g/mol. The molecule has 1 aliphatic rings. The molecule has 1 saturated heterocycles. The van der Waals surface area contributed by atoms with Crippen LogP contribution in [0.25, 0.3) is 0 Å². The zero-order chi connectivity index (χ0) is 14.6. The summed E-state index contributed by atoms with van der Waals surface area (Å²) >= 11 is 1.70. The van der Waals surface area contributed by atoms with Crippen molar-refractivity contribution in [3.8, 4) is 0 Å². The highest BCUT2D eigenvalue weighted by molar-refractivity contribution is 7.97. The summed E-state index contributed by atoms with van der Waals surface area (Å²) in [5.74, 6) is -0.551. The fourth-order valence-electron chi connectivity index (χ4n) is 2.09. The molecule has 1 aromatic rings. The van der Waals surface area contributed by atoms with Gasteiger partial charge in [-0.15, -0.1) is 0 Å². The first kappa shape index (κ1) is 14.9. The molecule has 108 valence electrons. The van der Waals surface area contributed by atoms with Crippen LogP contribution in [0.5, 0.6) is 0 Å². The first-order valence-electron chi connectivity index (χ1n) is 6.29. The van der Waals surface area contributed by atoms with Gasteiger partial charge in [-0.25, -0.2) is 4.79 Å². The number of hydrogen-bond acceptors (Lipinski definition) is 4. The number of nitrogens with one attached hydrogen (secondary N) is 1. The zero-order valence-electron chi connectivity index (χ0n) is 11.2. The van der Waals surface area contributed by atoms with Crippen LogP contribution in [-0.2, 0) is 15.3 Å².